The van der Waals surface area contributed by atoms with E-state index in [1.54, 1.807) is 6.26 Å². The predicted octanol–water partition coefficient (Wildman–Crippen LogP) is 2.64. The molecule has 0 aromatic carbocycles. The fourth-order valence-electron chi connectivity index (χ4n) is 1.64. The van der Waals surface area contributed by atoms with Crippen molar-refractivity contribution in [2.24, 2.45) is 0 Å². The monoisotopic (exact) mass is 198 g/mol. The summed E-state index contributed by atoms with van der Waals surface area (Å²) in [5, 5.41) is 5.33. The van der Waals surface area contributed by atoms with Crippen LogP contribution in [0.15, 0.2) is 35.2 Å². The van der Waals surface area contributed by atoms with E-state index >= 15 is 0 Å². The second kappa shape index (κ2) is 3.50. The largest absolute Gasteiger partial charge is 0.462 e. The van der Waals surface area contributed by atoms with Crippen LogP contribution in [0.5, 0.6) is 0 Å². The maximum absolute atomic E-state index is 5.41. The Bertz CT molecular complexity index is 616. The normalized spacial score (nSPS) is 10.1. The van der Waals surface area contributed by atoms with Gasteiger partial charge in [0.05, 0.1) is 12.5 Å². The van der Waals surface area contributed by atoms with Gasteiger partial charge in [-0.1, -0.05) is 0 Å². The molecule has 0 bridgehead atoms. The Hall–Kier alpha value is -2.21. The molecule has 0 aliphatic heterocycles. The number of aryl methyl sites for hydroxylation is 1. The minimum atomic E-state index is 0.914. The zero-order valence-electron chi connectivity index (χ0n) is 8.34. The van der Waals surface area contributed by atoms with Crippen molar-refractivity contribution >= 4 is 16.5 Å². The van der Waals surface area contributed by atoms with Gasteiger partial charge in [-0.05, 0) is 24.6 Å². The van der Waals surface area contributed by atoms with E-state index in [4.69, 9.17) is 4.42 Å². The summed E-state index contributed by atoms with van der Waals surface area (Å²) in [6.07, 6.45) is 13.5. The zero-order valence-corrected chi connectivity index (χ0v) is 8.34. The van der Waals surface area contributed by atoms with Crippen LogP contribution in [0.2, 0.25) is 0 Å². The second-order valence-electron chi connectivity index (χ2n) is 3.14. The molecule has 3 rings (SSSR count). The lowest BCUT2D eigenvalue weighted by atomic mass is 10.2. The van der Waals surface area contributed by atoms with Crippen LogP contribution in [0, 0.1) is 19.8 Å². The van der Waals surface area contributed by atoms with Crippen LogP contribution in [0.4, 0.5) is 0 Å². The van der Waals surface area contributed by atoms with Crippen LogP contribution in [-0.4, -0.2) is 9.61 Å². The summed E-state index contributed by atoms with van der Waals surface area (Å²) in [6, 6.07) is 3.96. The van der Waals surface area contributed by atoms with E-state index in [1.165, 1.54) is 0 Å². The summed E-state index contributed by atoms with van der Waals surface area (Å²) >= 11 is 0. The Morgan fingerprint density at radius 3 is 2.93 bits per heavy atom. The molecule has 0 spiro atoms. The molecule has 15 heavy (non-hydrogen) atoms. The van der Waals surface area contributed by atoms with Crippen LogP contribution in [0.1, 0.15) is 5.56 Å². The van der Waals surface area contributed by atoms with E-state index in [1.807, 2.05) is 36.0 Å². The molecule has 0 saturated heterocycles. The van der Waals surface area contributed by atoms with Crippen molar-refractivity contribution in [3.8, 4) is 12.8 Å². The third kappa shape index (κ3) is 1.27. The number of fused-ring (bicyclic) bond motifs is 3. The van der Waals surface area contributed by atoms with Crippen molar-refractivity contribution in [1.29, 1.82) is 0 Å². The molecule has 3 heteroatoms. The summed E-state index contributed by atoms with van der Waals surface area (Å²) in [5.74, 6) is 0. The number of pyridine rings is 1. The Balaban J connectivity index is 0.000000404. The lowest BCUT2D eigenvalue weighted by Crippen LogP contribution is -1.84. The van der Waals surface area contributed by atoms with E-state index in [2.05, 4.69) is 17.9 Å². The highest BCUT2D eigenvalue weighted by atomic mass is 16.3. The molecule has 0 fully saturated rings. The Kier molecular flexibility index (Phi) is 2.18. The van der Waals surface area contributed by atoms with Gasteiger partial charge in [0.1, 0.15) is 5.52 Å². The molecule has 0 amide bonds. The number of hydrogen-bond acceptors (Lipinski definition) is 2. The highest BCUT2D eigenvalue weighted by Crippen LogP contribution is 2.22. The summed E-state index contributed by atoms with van der Waals surface area (Å²) in [7, 11) is 0. The van der Waals surface area contributed by atoms with Gasteiger partial charge in [-0.25, -0.2) is 4.52 Å². The van der Waals surface area contributed by atoms with Gasteiger partial charge >= 0.3 is 0 Å². The highest BCUT2D eigenvalue weighted by molar-refractivity contribution is 5.92. The first-order chi connectivity index (χ1) is 7.36. The van der Waals surface area contributed by atoms with E-state index in [-0.39, 0.29) is 0 Å². The van der Waals surface area contributed by atoms with Crippen LogP contribution in [0.3, 0.4) is 0 Å². The van der Waals surface area contributed by atoms with Gasteiger partial charge in [-0.3, -0.25) is 0 Å². The Labute approximate surface area is 87.3 Å². The molecule has 0 N–H and O–H groups in total. The molecular weight excluding hydrogens is 188 g/mol. The lowest BCUT2D eigenvalue weighted by Gasteiger charge is -1.94. The van der Waals surface area contributed by atoms with Crippen LogP contribution in [-0.2, 0) is 0 Å². The molecule has 74 valence electrons. The van der Waals surface area contributed by atoms with Crippen LogP contribution < -0.4 is 0 Å². The SMILES string of the molecule is C#C.Cc1cnn2ccc3ccoc3c12. The van der Waals surface area contributed by atoms with Gasteiger partial charge in [0.15, 0.2) is 5.58 Å². The van der Waals surface area contributed by atoms with Crippen molar-refractivity contribution in [3.05, 3.63) is 36.4 Å². The number of hydrogen-bond donors (Lipinski definition) is 0. The molecule has 0 radical (unpaired) electrons. The zero-order chi connectivity index (χ0) is 10.8. The molecule has 0 atom stereocenters. The van der Waals surface area contributed by atoms with Gasteiger partial charge in [0.2, 0.25) is 0 Å². The summed E-state index contributed by atoms with van der Waals surface area (Å²) < 4.78 is 7.24. The van der Waals surface area contributed by atoms with E-state index in [0.717, 1.165) is 22.0 Å². The first-order valence-corrected chi connectivity index (χ1v) is 4.50. The van der Waals surface area contributed by atoms with Gasteiger partial charge in [-0.2, -0.15) is 5.10 Å². The number of nitrogens with zero attached hydrogens (tertiary/aromatic N) is 2. The molecule has 3 nitrogen and oxygen atoms in total. The first-order valence-electron chi connectivity index (χ1n) is 4.50. The van der Waals surface area contributed by atoms with Gasteiger partial charge in [0.25, 0.3) is 0 Å². The lowest BCUT2D eigenvalue weighted by molar-refractivity contribution is 0.617. The average molecular weight is 198 g/mol. The molecule has 0 unspecified atom stereocenters. The van der Waals surface area contributed by atoms with Gasteiger partial charge in [0, 0.05) is 11.6 Å². The van der Waals surface area contributed by atoms with Crippen molar-refractivity contribution in [3.63, 3.8) is 0 Å². The first kappa shape index (κ1) is 9.35. The molecule has 0 aliphatic carbocycles. The minimum Gasteiger partial charge on any atom is -0.462 e. The predicted molar refractivity (Wildman–Crippen MR) is 59.6 cm³/mol. The maximum Gasteiger partial charge on any atom is 0.159 e. The fourth-order valence-corrected chi connectivity index (χ4v) is 1.64. The molecule has 3 aromatic rings. The van der Waals surface area contributed by atoms with Crippen molar-refractivity contribution < 1.29 is 4.42 Å². The smallest absolute Gasteiger partial charge is 0.159 e. The molecule has 0 aliphatic rings. The summed E-state index contributed by atoms with van der Waals surface area (Å²) in [5.41, 5.74) is 3.11. The van der Waals surface area contributed by atoms with E-state index in [0.29, 0.717) is 0 Å². The number of aromatic nitrogens is 2. The van der Waals surface area contributed by atoms with Crippen molar-refractivity contribution in [2.75, 3.05) is 0 Å². The van der Waals surface area contributed by atoms with Crippen molar-refractivity contribution in [1.82, 2.24) is 9.61 Å². The quantitative estimate of drug-likeness (QED) is 0.520. The fraction of sp³-hybridized carbons (Fsp3) is 0.0833. The highest BCUT2D eigenvalue weighted by Gasteiger charge is 2.06. The van der Waals surface area contributed by atoms with Crippen molar-refractivity contribution in [2.45, 2.75) is 6.92 Å². The van der Waals surface area contributed by atoms with Gasteiger partial charge in [-0.15, -0.1) is 12.8 Å². The third-order valence-corrected chi connectivity index (χ3v) is 2.28. The second-order valence-corrected chi connectivity index (χ2v) is 3.14. The average Bonchev–Trinajstić information content (AvgIpc) is 2.87. The van der Waals surface area contributed by atoms with E-state index in [9.17, 15) is 0 Å². The number of furan rings is 1. The number of rotatable bonds is 0. The standard InChI is InChI=1S/C10H8N2O.C2H2/c1-7-6-11-12-4-2-8-3-5-13-10(8)9(7)12;1-2/h2-6H,1H3;1-2H. The van der Waals surface area contributed by atoms with Gasteiger partial charge < -0.3 is 4.42 Å². The number of terminal acetylenes is 1. The Morgan fingerprint density at radius 2 is 2.13 bits per heavy atom. The van der Waals surface area contributed by atoms with Crippen LogP contribution in [0.25, 0.3) is 16.5 Å². The Morgan fingerprint density at radius 1 is 1.33 bits per heavy atom. The van der Waals surface area contributed by atoms with Crippen LogP contribution >= 0.6 is 0 Å². The van der Waals surface area contributed by atoms with E-state index < -0.39 is 0 Å². The topological polar surface area (TPSA) is 30.4 Å². The summed E-state index contributed by atoms with van der Waals surface area (Å²) in [6.45, 7) is 2.03. The molecule has 3 heterocycles. The maximum atomic E-state index is 5.41. The minimum absolute atomic E-state index is 0.914. The molecule has 3 aromatic heterocycles. The third-order valence-electron chi connectivity index (χ3n) is 2.28. The molecular formula is C12H10N2O. The molecule has 0 saturated carbocycles. The summed E-state index contributed by atoms with van der Waals surface area (Å²) in [4.78, 5) is 0.